The molecule has 3 heterocycles. The molecule has 2 saturated heterocycles. The van der Waals surface area contributed by atoms with Gasteiger partial charge in [-0.25, -0.2) is 0 Å². The van der Waals surface area contributed by atoms with Crippen LogP contribution in [0.1, 0.15) is 21.7 Å². The van der Waals surface area contributed by atoms with Gasteiger partial charge in [0.15, 0.2) is 0 Å². The lowest BCUT2D eigenvalue weighted by Crippen LogP contribution is -2.28. The number of aromatic nitrogens is 1. The molecule has 0 saturated carbocycles. The molecule has 5 nitrogen and oxygen atoms in total. The highest BCUT2D eigenvalue weighted by Crippen LogP contribution is 2.33. The summed E-state index contributed by atoms with van der Waals surface area (Å²) in [5.74, 6) is 0.999. The molecule has 2 atom stereocenters. The van der Waals surface area contributed by atoms with Gasteiger partial charge in [-0.3, -0.25) is 9.78 Å². The van der Waals surface area contributed by atoms with E-state index in [1.165, 1.54) is 0 Å². The van der Waals surface area contributed by atoms with Crippen LogP contribution >= 0.6 is 0 Å². The third kappa shape index (κ3) is 2.08. The first-order chi connectivity index (χ1) is 9.06. The van der Waals surface area contributed by atoms with Gasteiger partial charge in [0.05, 0.1) is 16.9 Å². The Bertz CT molecular complexity index is 516. The number of nitrogens with two attached hydrogens (primary N) is 1. The van der Waals surface area contributed by atoms with Crippen LogP contribution in [-0.4, -0.2) is 37.1 Å². The standard InChI is InChI=1S/C14H20N4O/c1-8-3-12(13(14(15)19)9(2)17-8)18-6-10-4-16-5-11(10)7-18/h3,10-11,16H,4-7H2,1-2H3,(H2,15,19). The monoisotopic (exact) mass is 260 g/mol. The summed E-state index contributed by atoms with van der Waals surface area (Å²) < 4.78 is 0. The summed E-state index contributed by atoms with van der Waals surface area (Å²) in [7, 11) is 0. The van der Waals surface area contributed by atoms with Crippen molar-refractivity contribution in [2.24, 2.45) is 17.6 Å². The molecule has 0 aromatic carbocycles. The maximum atomic E-state index is 11.7. The number of carbonyl (C=O) groups is 1. The van der Waals surface area contributed by atoms with E-state index in [1.54, 1.807) is 0 Å². The van der Waals surface area contributed by atoms with Crippen molar-refractivity contribution in [1.82, 2.24) is 10.3 Å². The molecule has 2 aliphatic rings. The van der Waals surface area contributed by atoms with Crippen LogP contribution in [-0.2, 0) is 0 Å². The zero-order chi connectivity index (χ0) is 13.6. The van der Waals surface area contributed by atoms with Gasteiger partial charge in [0.2, 0.25) is 0 Å². The third-order valence-corrected chi connectivity index (χ3v) is 4.28. The van der Waals surface area contributed by atoms with Crippen LogP contribution in [0, 0.1) is 25.7 Å². The molecule has 3 rings (SSSR count). The first kappa shape index (κ1) is 12.4. The van der Waals surface area contributed by atoms with E-state index in [-0.39, 0.29) is 5.91 Å². The van der Waals surface area contributed by atoms with E-state index in [4.69, 9.17) is 5.73 Å². The van der Waals surface area contributed by atoms with Gasteiger partial charge in [-0.15, -0.1) is 0 Å². The van der Waals surface area contributed by atoms with E-state index >= 15 is 0 Å². The van der Waals surface area contributed by atoms with Crippen LogP contribution in [0.15, 0.2) is 6.07 Å². The van der Waals surface area contributed by atoms with Crippen LogP contribution in [0.2, 0.25) is 0 Å². The van der Waals surface area contributed by atoms with E-state index in [1.807, 2.05) is 19.9 Å². The SMILES string of the molecule is Cc1cc(N2CC3CNCC3C2)c(C(N)=O)c(C)n1. The Morgan fingerprint density at radius 2 is 2.00 bits per heavy atom. The van der Waals surface area contributed by atoms with Crippen molar-refractivity contribution in [3.8, 4) is 0 Å². The van der Waals surface area contributed by atoms with Gasteiger partial charge in [-0.1, -0.05) is 0 Å². The Labute approximate surface area is 113 Å². The predicted molar refractivity (Wildman–Crippen MR) is 74.3 cm³/mol. The van der Waals surface area contributed by atoms with E-state index in [0.29, 0.717) is 17.4 Å². The molecule has 0 aliphatic carbocycles. The quantitative estimate of drug-likeness (QED) is 0.810. The fraction of sp³-hybridized carbons (Fsp3) is 0.571. The smallest absolute Gasteiger partial charge is 0.252 e. The number of fused-ring (bicyclic) bond motifs is 1. The molecule has 0 spiro atoms. The predicted octanol–water partition coefficient (Wildman–Crippen LogP) is 0.453. The summed E-state index contributed by atoms with van der Waals surface area (Å²) in [6, 6.07) is 1.99. The molecule has 19 heavy (non-hydrogen) atoms. The van der Waals surface area contributed by atoms with Crippen molar-refractivity contribution in [2.75, 3.05) is 31.1 Å². The molecule has 5 heteroatoms. The fourth-order valence-electron chi connectivity index (χ4n) is 3.41. The minimum atomic E-state index is -0.379. The van der Waals surface area contributed by atoms with Crippen molar-refractivity contribution in [1.29, 1.82) is 0 Å². The number of rotatable bonds is 2. The number of amides is 1. The maximum absolute atomic E-state index is 11.7. The van der Waals surface area contributed by atoms with Crippen LogP contribution in [0.25, 0.3) is 0 Å². The summed E-state index contributed by atoms with van der Waals surface area (Å²) in [6.07, 6.45) is 0. The van der Waals surface area contributed by atoms with Gasteiger partial charge in [-0.2, -0.15) is 0 Å². The maximum Gasteiger partial charge on any atom is 0.252 e. The minimum absolute atomic E-state index is 0.379. The van der Waals surface area contributed by atoms with Crippen molar-refractivity contribution in [3.05, 3.63) is 23.0 Å². The number of carbonyl (C=O) groups excluding carboxylic acids is 1. The average molecular weight is 260 g/mol. The van der Waals surface area contributed by atoms with Gasteiger partial charge in [0, 0.05) is 31.9 Å². The number of aryl methyl sites for hydroxylation is 2. The lowest BCUT2D eigenvalue weighted by Gasteiger charge is -2.23. The van der Waals surface area contributed by atoms with Crippen molar-refractivity contribution in [3.63, 3.8) is 0 Å². The number of nitrogens with one attached hydrogen (secondary N) is 1. The fourth-order valence-corrected chi connectivity index (χ4v) is 3.41. The second-order valence-corrected chi connectivity index (χ2v) is 5.69. The Morgan fingerprint density at radius 1 is 1.37 bits per heavy atom. The topological polar surface area (TPSA) is 71.2 Å². The first-order valence-electron chi connectivity index (χ1n) is 6.80. The second-order valence-electron chi connectivity index (χ2n) is 5.69. The van der Waals surface area contributed by atoms with E-state index in [2.05, 4.69) is 15.2 Å². The number of hydrogen-bond acceptors (Lipinski definition) is 4. The van der Waals surface area contributed by atoms with Gasteiger partial charge in [0.25, 0.3) is 5.91 Å². The highest BCUT2D eigenvalue weighted by molar-refractivity contribution is 5.99. The first-order valence-corrected chi connectivity index (χ1v) is 6.80. The van der Waals surface area contributed by atoms with E-state index in [9.17, 15) is 4.79 Å². The van der Waals surface area contributed by atoms with Gasteiger partial charge in [-0.05, 0) is 31.7 Å². The highest BCUT2D eigenvalue weighted by Gasteiger charge is 2.37. The van der Waals surface area contributed by atoms with Crippen molar-refractivity contribution in [2.45, 2.75) is 13.8 Å². The number of nitrogens with zero attached hydrogens (tertiary/aromatic N) is 2. The number of pyridine rings is 1. The van der Waals surface area contributed by atoms with Gasteiger partial charge < -0.3 is 16.0 Å². The lowest BCUT2D eigenvalue weighted by molar-refractivity contribution is 0.1000. The molecule has 3 N–H and O–H groups in total. The van der Waals surface area contributed by atoms with Gasteiger partial charge in [0.1, 0.15) is 0 Å². The molecule has 102 valence electrons. The van der Waals surface area contributed by atoms with E-state index in [0.717, 1.165) is 43.3 Å². The second kappa shape index (κ2) is 4.49. The largest absolute Gasteiger partial charge is 0.370 e. The summed E-state index contributed by atoms with van der Waals surface area (Å²) in [4.78, 5) is 18.4. The molecule has 2 unspecified atom stereocenters. The van der Waals surface area contributed by atoms with Gasteiger partial charge >= 0.3 is 0 Å². The summed E-state index contributed by atoms with van der Waals surface area (Å²) in [6.45, 7) is 7.97. The molecule has 2 aliphatic heterocycles. The highest BCUT2D eigenvalue weighted by atomic mass is 16.1. The van der Waals surface area contributed by atoms with Crippen molar-refractivity contribution < 1.29 is 4.79 Å². The molecule has 0 bridgehead atoms. The molecule has 0 radical (unpaired) electrons. The van der Waals surface area contributed by atoms with Crippen LogP contribution in [0.3, 0.4) is 0 Å². The van der Waals surface area contributed by atoms with Crippen LogP contribution in [0.5, 0.6) is 0 Å². The summed E-state index contributed by atoms with van der Waals surface area (Å²) in [5, 5.41) is 3.43. The van der Waals surface area contributed by atoms with Crippen molar-refractivity contribution >= 4 is 11.6 Å². The third-order valence-electron chi connectivity index (χ3n) is 4.28. The molecular weight excluding hydrogens is 240 g/mol. The molecule has 1 aromatic heterocycles. The Kier molecular flexibility index (Phi) is 2.93. The molecular formula is C14H20N4O. The zero-order valence-corrected chi connectivity index (χ0v) is 11.4. The molecule has 2 fully saturated rings. The average Bonchev–Trinajstić information content (AvgIpc) is 2.86. The number of primary amides is 1. The lowest BCUT2D eigenvalue weighted by atomic mass is 10.0. The van der Waals surface area contributed by atoms with E-state index < -0.39 is 0 Å². The number of anilines is 1. The Hall–Kier alpha value is -1.62. The summed E-state index contributed by atoms with van der Waals surface area (Å²) >= 11 is 0. The summed E-state index contributed by atoms with van der Waals surface area (Å²) in [5.41, 5.74) is 8.75. The Balaban J connectivity index is 1.98. The molecule has 1 aromatic rings. The Morgan fingerprint density at radius 3 is 2.58 bits per heavy atom. The molecule has 1 amide bonds. The minimum Gasteiger partial charge on any atom is -0.370 e. The normalized spacial score (nSPS) is 25.7. The number of hydrogen-bond donors (Lipinski definition) is 2. The van der Waals surface area contributed by atoms with Crippen LogP contribution in [0.4, 0.5) is 5.69 Å². The van der Waals surface area contributed by atoms with Crippen LogP contribution < -0.4 is 16.0 Å². The zero-order valence-electron chi connectivity index (χ0n) is 11.4.